The summed E-state index contributed by atoms with van der Waals surface area (Å²) in [6, 6.07) is 15.6. The Morgan fingerprint density at radius 3 is 2.59 bits per heavy atom. The van der Waals surface area contributed by atoms with E-state index in [-0.39, 0.29) is 55.2 Å². The fraction of sp³-hybridized carbons (Fsp3) is 0.533. The maximum absolute atomic E-state index is 13.8. The number of aliphatic hydroxyl groups is 1. The molecule has 222 valence electrons. The van der Waals surface area contributed by atoms with E-state index in [0.717, 1.165) is 17.5 Å². The van der Waals surface area contributed by atoms with Crippen LogP contribution in [0, 0.1) is 18.8 Å². The highest BCUT2D eigenvalue weighted by Gasteiger charge is 2.44. The van der Waals surface area contributed by atoms with E-state index in [9.17, 15) is 23.1 Å². The molecule has 10 nitrogen and oxygen atoms in total. The zero-order valence-corrected chi connectivity index (χ0v) is 24.0. The third-order valence-corrected chi connectivity index (χ3v) is 9.99. The molecule has 2 aromatic carbocycles. The zero-order valence-electron chi connectivity index (χ0n) is 23.2. The maximum atomic E-state index is 13.8. The second kappa shape index (κ2) is 13.0. The lowest BCUT2D eigenvalue weighted by atomic mass is 9.90. The van der Waals surface area contributed by atoms with Crippen molar-refractivity contribution in [2.45, 2.75) is 68.5 Å². The summed E-state index contributed by atoms with van der Waals surface area (Å²) in [4.78, 5) is 25.1. The first-order chi connectivity index (χ1) is 19.7. The van der Waals surface area contributed by atoms with E-state index in [2.05, 4.69) is 5.32 Å². The molecule has 3 aliphatic heterocycles. The van der Waals surface area contributed by atoms with E-state index in [1.807, 2.05) is 37.3 Å². The first-order valence-electron chi connectivity index (χ1n) is 14.2. The summed E-state index contributed by atoms with van der Waals surface area (Å²) in [6.07, 6.45) is -0.0977. The summed E-state index contributed by atoms with van der Waals surface area (Å²) in [6.45, 7) is 2.48. The van der Waals surface area contributed by atoms with Crippen molar-refractivity contribution in [1.82, 2.24) is 9.62 Å². The number of sulfonamides is 1. The van der Waals surface area contributed by atoms with Gasteiger partial charge in [-0.15, -0.1) is 0 Å². The highest BCUT2D eigenvalue weighted by Crippen LogP contribution is 2.33. The standard InChI is InChI=1S/C30H38N2O8S/c1-20-7-10-24(11-8-20)41(36,37)32(17-23-9-12-28(34)31-23)18-26(33)22(15-21-5-3-2-4-6-21)16-29(35)40-27-19-39-30-25(27)13-14-38-30/h2-8,10-11,22-23,25-27,30,33H,9,12-19H2,1H3,(H,31,34)/t22?,23-,25-,26?,27?,30+/m0/s1. The molecule has 6 atom stereocenters. The van der Waals surface area contributed by atoms with E-state index in [1.165, 1.54) is 4.31 Å². The minimum Gasteiger partial charge on any atom is -0.459 e. The minimum atomic E-state index is -4.01. The topological polar surface area (TPSA) is 131 Å². The van der Waals surface area contributed by atoms with Gasteiger partial charge in [0, 0.05) is 31.5 Å². The summed E-state index contributed by atoms with van der Waals surface area (Å²) in [5.41, 5.74) is 1.83. The second-order valence-corrected chi connectivity index (χ2v) is 13.2. The van der Waals surface area contributed by atoms with Crippen LogP contribution in [0.25, 0.3) is 0 Å². The smallest absolute Gasteiger partial charge is 0.306 e. The van der Waals surface area contributed by atoms with Crippen LogP contribution in [0.2, 0.25) is 0 Å². The lowest BCUT2D eigenvalue weighted by molar-refractivity contribution is -0.153. The van der Waals surface area contributed by atoms with Crippen molar-refractivity contribution in [3.8, 4) is 0 Å². The molecular weight excluding hydrogens is 548 g/mol. The number of esters is 1. The number of aliphatic hydroxyl groups excluding tert-OH is 1. The van der Waals surface area contributed by atoms with Crippen LogP contribution in [0.3, 0.4) is 0 Å². The fourth-order valence-corrected chi connectivity index (χ4v) is 7.29. The monoisotopic (exact) mass is 586 g/mol. The number of aryl methyl sites for hydroxylation is 1. The Kier molecular flexibility index (Phi) is 9.40. The third kappa shape index (κ3) is 7.34. The number of hydrogen-bond donors (Lipinski definition) is 2. The molecule has 3 aliphatic rings. The van der Waals surface area contributed by atoms with Crippen LogP contribution in [-0.4, -0.2) is 80.5 Å². The number of rotatable bonds is 12. The van der Waals surface area contributed by atoms with Crippen LogP contribution in [0.15, 0.2) is 59.5 Å². The molecule has 0 aliphatic carbocycles. The van der Waals surface area contributed by atoms with Gasteiger partial charge in [0.2, 0.25) is 15.9 Å². The number of carbonyl (C=O) groups is 2. The first kappa shape index (κ1) is 29.7. The van der Waals surface area contributed by atoms with Crippen molar-refractivity contribution in [2.24, 2.45) is 11.8 Å². The van der Waals surface area contributed by atoms with Crippen molar-refractivity contribution in [2.75, 3.05) is 26.3 Å². The van der Waals surface area contributed by atoms with Gasteiger partial charge in [-0.25, -0.2) is 8.42 Å². The molecule has 0 radical (unpaired) electrons. The first-order valence-corrected chi connectivity index (χ1v) is 15.6. The van der Waals surface area contributed by atoms with Crippen LogP contribution in [-0.2, 0) is 40.2 Å². The van der Waals surface area contributed by atoms with Crippen molar-refractivity contribution in [3.05, 3.63) is 65.7 Å². The molecule has 3 saturated heterocycles. The molecule has 5 rings (SSSR count). The third-order valence-electron chi connectivity index (χ3n) is 8.14. The Morgan fingerprint density at radius 2 is 1.88 bits per heavy atom. The van der Waals surface area contributed by atoms with E-state index < -0.39 is 34.1 Å². The molecule has 0 aromatic heterocycles. The molecule has 0 bridgehead atoms. The van der Waals surface area contributed by atoms with E-state index in [0.29, 0.717) is 25.9 Å². The Bertz CT molecular complexity index is 1300. The number of amides is 1. The van der Waals surface area contributed by atoms with Gasteiger partial charge in [-0.1, -0.05) is 48.0 Å². The van der Waals surface area contributed by atoms with Gasteiger partial charge in [0.15, 0.2) is 6.29 Å². The molecule has 3 unspecified atom stereocenters. The Labute approximate surface area is 241 Å². The lowest BCUT2D eigenvalue weighted by Crippen LogP contribution is -2.47. The predicted octanol–water partition coefficient (Wildman–Crippen LogP) is 2.18. The van der Waals surface area contributed by atoms with Crippen molar-refractivity contribution in [1.29, 1.82) is 0 Å². The van der Waals surface area contributed by atoms with Crippen molar-refractivity contribution in [3.63, 3.8) is 0 Å². The number of nitrogens with one attached hydrogen (secondary N) is 1. The van der Waals surface area contributed by atoms with Crippen LogP contribution in [0.1, 0.15) is 36.8 Å². The van der Waals surface area contributed by atoms with Gasteiger partial charge in [-0.05, 0) is 43.9 Å². The van der Waals surface area contributed by atoms with Gasteiger partial charge in [0.1, 0.15) is 6.10 Å². The normalized spacial score (nSPS) is 25.6. The van der Waals surface area contributed by atoms with E-state index >= 15 is 0 Å². The quantitative estimate of drug-likeness (QED) is 0.362. The Hall–Kier alpha value is -2.83. The van der Waals surface area contributed by atoms with Gasteiger partial charge in [0.25, 0.3) is 0 Å². The largest absolute Gasteiger partial charge is 0.459 e. The van der Waals surface area contributed by atoms with E-state index in [1.54, 1.807) is 24.3 Å². The molecule has 0 saturated carbocycles. The number of nitrogens with zero attached hydrogens (tertiary/aromatic N) is 1. The van der Waals surface area contributed by atoms with Crippen LogP contribution < -0.4 is 5.32 Å². The van der Waals surface area contributed by atoms with Gasteiger partial charge >= 0.3 is 5.97 Å². The number of carbonyl (C=O) groups excluding carboxylic acids is 2. The Balaban J connectivity index is 1.34. The van der Waals surface area contributed by atoms with Crippen molar-refractivity contribution >= 4 is 21.9 Å². The summed E-state index contributed by atoms with van der Waals surface area (Å²) in [5, 5.41) is 14.4. The molecule has 2 N–H and O–H groups in total. The van der Waals surface area contributed by atoms with Crippen molar-refractivity contribution < 1.29 is 37.3 Å². The van der Waals surface area contributed by atoms with Gasteiger partial charge < -0.3 is 24.6 Å². The van der Waals surface area contributed by atoms with Gasteiger partial charge in [0.05, 0.1) is 36.6 Å². The molecule has 2 aromatic rings. The summed E-state index contributed by atoms with van der Waals surface area (Å²) in [7, 11) is -4.01. The molecular formula is C30H38N2O8S. The molecule has 0 spiro atoms. The Morgan fingerprint density at radius 1 is 1.12 bits per heavy atom. The number of fused-ring (bicyclic) bond motifs is 1. The predicted molar refractivity (Wildman–Crippen MR) is 149 cm³/mol. The molecule has 41 heavy (non-hydrogen) atoms. The number of ether oxygens (including phenoxy) is 3. The zero-order chi connectivity index (χ0) is 29.0. The summed E-state index contributed by atoms with van der Waals surface area (Å²) in [5.74, 6) is -1.22. The summed E-state index contributed by atoms with van der Waals surface area (Å²) < 4.78 is 45.7. The average molecular weight is 587 g/mol. The van der Waals surface area contributed by atoms with Gasteiger partial charge in [-0.3, -0.25) is 9.59 Å². The van der Waals surface area contributed by atoms with Crippen LogP contribution in [0.5, 0.6) is 0 Å². The van der Waals surface area contributed by atoms with Gasteiger partial charge in [-0.2, -0.15) is 4.31 Å². The van der Waals surface area contributed by atoms with Crippen LogP contribution in [0.4, 0.5) is 0 Å². The molecule has 1 amide bonds. The lowest BCUT2D eigenvalue weighted by Gasteiger charge is -2.30. The highest BCUT2D eigenvalue weighted by molar-refractivity contribution is 7.89. The number of benzene rings is 2. The number of hydrogen-bond acceptors (Lipinski definition) is 8. The minimum absolute atomic E-state index is 0.00628. The molecule has 11 heteroatoms. The second-order valence-electron chi connectivity index (χ2n) is 11.2. The summed E-state index contributed by atoms with van der Waals surface area (Å²) >= 11 is 0. The van der Waals surface area contributed by atoms with Crippen LogP contribution >= 0.6 is 0 Å². The van der Waals surface area contributed by atoms with E-state index in [4.69, 9.17) is 14.2 Å². The average Bonchev–Trinajstić information content (AvgIpc) is 3.68. The fourth-order valence-electron chi connectivity index (χ4n) is 5.79. The highest BCUT2D eigenvalue weighted by atomic mass is 32.2. The SMILES string of the molecule is Cc1ccc(S(=O)(=O)N(CC(O)C(CC(=O)OC2CO[C@H]3OCC[C@@H]23)Cc2ccccc2)C[C@@H]2CCC(=O)N2)cc1. The molecule has 3 fully saturated rings. The molecule has 3 heterocycles. The maximum Gasteiger partial charge on any atom is 0.306 e.